The van der Waals surface area contributed by atoms with Crippen LogP contribution in [0.25, 0.3) is 5.65 Å². The largest absolute Gasteiger partial charge is 0.352 e. The molecule has 0 radical (unpaired) electrons. The molecule has 4 rings (SSSR count). The van der Waals surface area contributed by atoms with Crippen LogP contribution in [0.5, 0.6) is 0 Å². The molecule has 1 amide bonds. The minimum Gasteiger partial charge on any atom is -0.352 e. The van der Waals surface area contributed by atoms with Gasteiger partial charge in [0.05, 0.1) is 6.42 Å². The molecular formula is C17H16ClFN6O. The molecule has 1 fully saturated rings. The van der Waals surface area contributed by atoms with Crippen molar-refractivity contribution in [3.05, 3.63) is 53.1 Å². The Morgan fingerprint density at radius 1 is 1.15 bits per heavy atom. The molecule has 134 valence electrons. The van der Waals surface area contributed by atoms with E-state index in [-0.39, 0.29) is 17.4 Å². The maximum Gasteiger partial charge on any atom is 0.227 e. The van der Waals surface area contributed by atoms with Crippen LogP contribution in [-0.4, -0.2) is 56.8 Å². The SMILES string of the molecule is O=C(Cc1ccc(F)cc1Cl)N1CCN(c2ccc3nncn3n2)CC1. The van der Waals surface area contributed by atoms with Crippen molar-refractivity contribution in [1.29, 1.82) is 0 Å². The molecule has 9 heteroatoms. The van der Waals surface area contributed by atoms with Crippen molar-refractivity contribution in [2.24, 2.45) is 0 Å². The molecule has 0 saturated carbocycles. The number of carbonyl (C=O) groups is 1. The average Bonchev–Trinajstić information content (AvgIpc) is 3.12. The Labute approximate surface area is 154 Å². The molecule has 0 aliphatic carbocycles. The lowest BCUT2D eigenvalue weighted by Gasteiger charge is -2.35. The average molecular weight is 375 g/mol. The molecule has 0 spiro atoms. The molecule has 2 aromatic heterocycles. The summed E-state index contributed by atoms with van der Waals surface area (Å²) in [6.45, 7) is 2.56. The van der Waals surface area contributed by atoms with Crippen LogP contribution in [0.2, 0.25) is 5.02 Å². The normalized spacial score (nSPS) is 14.8. The van der Waals surface area contributed by atoms with E-state index in [1.807, 2.05) is 12.1 Å². The van der Waals surface area contributed by atoms with E-state index >= 15 is 0 Å². The van der Waals surface area contributed by atoms with E-state index in [0.717, 1.165) is 5.82 Å². The van der Waals surface area contributed by atoms with Gasteiger partial charge < -0.3 is 9.80 Å². The fourth-order valence-corrected chi connectivity index (χ4v) is 3.25. The number of aromatic nitrogens is 4. The molecule has 3 aromatic rings. The van der Waals surface area contributed by atoms with Crippen molar-refractivity contribution < 1.29 is 9.18 Å². The second kappa shape index (κ2) is 6.87. The molecule has 1 aliphatic rings. The predicted octanol–water partition coefficient (Wildman–Crippen LogP) is 1.81. The Bertz CT molecular complexity index is 953. The second-order valence-corrected chi connectivity index (χ2v) is 6.51. The van der Waals surface area contributed by atoms with Gasteiger partial charge in [0, 0.05) is 31.2 Å². The van der Waals surface area contributed by atoms with Gasteiger partial charge in [-0.15, -0.1) is 15.3 Å². The predicted molar refractivity (Wildman–Crippen MR) is 94.7 cm³/mol. The quantitative estimate of drug-likeness (QED) is 0.699. The van der Waals surface area contributed by atoms with E-state index < -0.39 is 5.82 Å². The van der Waals surface area contributed by atoms with E-state index in [1.54, 1.807) is 21.8 Å². The number of fused-ring (bicyclic) bond motifs is 1. The van der Waals surface area contributed by atoms with Gasteiger partial charge in [-0.25, -0.2) is 4.39 Å². The number of rotatable bonds is 3. The molecule has 0 N–H and O–H groups in total. The third kappa shape index (κ3) is 3.32. The monoisotopic (exact) mass is 374 g/mol. The van der Waals surface area contributed by atoms with Crippen LogP contribution in [0.3, 0.4) is 0 Å². The summed E-state index contributed by atoms with van der Waals surface area (Å²) in [5.74, 6) is 0.406. The Balaban J connectivity index is 1.38. The van der Waals surface area contributed by atoms with Crippen LogP contribution in [0.15, 0.2) is 36.7 Å². The highest BCUT2D eigenvalue weighted by Crippen LogP contribution is 2.19. The zero-order valence-electron chi connectivity index (χ0n) is 13.8. The lowest BCUT2D eigenvalue weighted by molar-refractivity contribution is -0.130. The van der Waals surface area contributed by atoms with E-state index in [2.05, 4.69) is 20.2 Å². The maximum absolute atomic E-state index is 13.1. The van der Waals surface area contributed by atoms with Gasteiger partial charge in [-0.1, -0.05) is 17.7 Å². The van der Waals surface area contributed by atoms with Crippen molar-refractivity contribution in [2.75, 3.05) is 31.1 Å². The number of piperazine rings is 1. The maximum atomic E-state index is 13.1. The van der Waals surface area contributed by atoms with Gasteiger partial charge in [0.15, 0.2) is 5.65 Å². The fraction of sp³-hybridized carbons (Fsp3) is 0.294. The third-order valence-electron chi connectivity index (χ3n) is 4.46. The van der Waals surface area contributed by atoms with E-state index in [1.165, 1.54) is 12.1 Å². The first-order chi connectivity index (χ1) is 12.6. The van der Waals surface area contributed by atoms with Crippen LogP contribution >= 0.6 is 11.6 Å². The summed E-state index contributed by atoms with van der Waals surface area (Å²) in [6, 6.07) is 7.88. The minimum absolute atomic E-state index is 0.0135. The highest BCUT2D eigenvalue weighted by atomic mass is 35.5. The van der Waals surface area contributed by atoms with Crippen LogP contribution in [0.4, 0.5) is 10.2 Å². The van der Waals surface area contributed by atoms with Gasteiger partial charge in [0.2, 0.25) is 5.91 Å². The number of hydrogen-bond donors (Lipinski definition) is 0. The zero-order valence-corrected chi connectivity index (χ0v) is 14.6. The molecule has 1 aromatic carbocycles. The standard InChI is InChI=1S/C17H16ClFN6O/c18-14-10-13(19)2-1-12(14)9-17(26)24-7-5-23(6-8-24)16-4-3-15-21-20-11-25(15)22-16/h1-4,10-11H,5-9H2. The van der Waals surface area contributed by atoms with E-state index in [9.17, 15) is 9.18 Å². The van der Waals surface area contributed by atoms with Crippen molar-refractivity contribution in [1.82, 2.24) is 24.7 Å². The first-order valence-electron chi connectivity index (χ1n) is 8.24. The Morgan fingerprint density at radius 3 is 2.73 bits per heavy atom. The summed E-state index contributed by atoms with van der Waals surface area (Å²) < 4.78 is 14.7. The summed E-state index contributed by atoms with van der Waals surface area (Å²) >= 11 is 6.01. The molecule has 26 heavy (non-hydrogen) atoms. The lowest BCUT2D eigenvalue weighted by Crippen LogP contribution is -2.49. The lowest BCUT2D eigenvalue weighted by atomic mass is 10.1. The Kier molecular flexibility index (Phi) is 4.42. The van der Waals surface area contributed by atoms with Crippen molar-refractivity contribution in [2.45, 2.75) is 6.42 Å². The van der Waals surface area contributed by atoms with Crippen LogP contribution < -0.4 is 4.90 Å². The van der Waals surface area contributed by atoms with Gasteiger partial charge in [-0.3, -0.25) is 4.79 Å². The van der Waals surface area contributed by atoms with Crippen molar-refractivity contribution in [3.63, 3.8) is 0 Å². The second-order valence-electron chi connectivity index (χ2n) is 6.11. The highest BCUT2D eigenvalue weighted by Gasteiger charge is 2.23. The summed E-state index contributed by atoms with van der Waals surface area (Å²) in [6.07, 6.45) is 1.73. The molecule has 0 atom stereocenters. The number of nitrogens with zero attached hydrogens (tertiary/aromatic N) is 6. The fourth-order valence-electron chi connectivity index (χ4n) is 3.01. The van der Waals surface area contributed by atoms with Crippen LogP contribution in [0.1, 0.15) is 5.56 Å². The van der Waals surface area contributed by atoms with Crippen LogP contribution in [-0.2, 0) is 11.2 Å². The summed E-state index contributed by atoms with van der Waals surface area (Å²) in [7, 11) is 0. The number of benzene rings is 1. The smallest absolute Gasteiger partial charge is 0.227 e. The molecular weight excluding hydrogens is 359 g/mol. The van der Waals surface area contributed by atoms with Gasteiger partial charge in [-0.05, 0) is 29.8 Å². The number of carbonyl (C=O) groups excluding carboxylic acids is 1. The molecule has 0 bridgehead atoms. The Morgan fingerprint density at radius 2 is 1.96 bits per heavy atom. The van der Waals surface area contributed by atoms with Crippen molar-refractivity contribution in [3.8, 4) is 0 Å². The molecule has 1 aliphatic heterocycles. The summed E-state index contributed by atoms with van der Waals surface area (Å²) in [5.41, 5.74) is 1.33. The van der Waals surface area contributed by atoms with Gasteiger partial charge in [0.25, 0.3) is 0 Å². The van der Waals surface area contributed by atoms with Crippen LogP contribution in [0, 0.1) is 5.82 Å². The molecule has 1 saturated heterocycles. The summed E-state index contributed by atoms with van der Waals surface area (Å²) in [4.78, 5) is 16.4. The number of anilines is 1. The topological polar surface area (TPSA) is 66.6 Å². The summed E-state index contributed by atoms with van der Waals surface area (Å²) in [5, 5.41) is 12.5. The van der Waals surface area contributed by atoms with Crippen molar-refractivity contribution >= 4 is 29.0 Å². The molecule has 7 nitrogen and oxygen atoms in total. The van der Waals surface area contributed by atoms with E-state index in [0.29, 0.717) is 37.4 Å². The minimum atomic E-state index is -0.405. The first kappa shape index (κ1) is 16.7. The van der Waals surface area contributed by atoms with Gasteiger partial charge >= 0.3 is 0 Å². The molecule has 0 unspecified atom stereocenters. The van der Waals surface area contributed by atoms with Gasteiger partial charge in [0.1, 0.15) is 18.0 Å². The molecule has 3 heterocycles. The first-order valence-corrected chi connectivity index (χ1v) is 8.62. The van der Waals surface area contributed by atoms with Gasteiger partial charge in [-0.2, -0.15) is 4.52 Å². The number of halogens is 2. The third-order valence-corrected chi connectivity index (χ3v) is 4.81. The Hall–Kier alpha value is -2.74. The number of amides is 1. The zero-order chi connectivity index (χ0) is 18.1. The number of hydrogen-bond acceptors (Lipinski definition) is 5. The highest BCUT2D eigenvalue weighted by molar-refractivity contribution is 6.31. The van der Waals surface area contributed by atoms with E-state index in [4.69, 9.17) is 11.6 Å².